The van der Waals surface area contributed by atoms with Crippen molar-refractivity contribution >= 4 is 5.91 Å². The molecule has 1 aromatic carbocycles. The number of rotatable bonds is 5. The molecule has 1 saturated heterocycles. The van der Waals surface area contributed by atoms with E-state index in [1.165, 1.54) is 12.4 Å². The zero-order chi connectivity index (χ0) is 24.3. The van der Waals surface area contributed by atoms with Crippen LogP contribution in [0.15, 0.2) is 55.0 Å². The Balaban J connectivity index is 1.48. The van der Waals surface area contributed by atoms with Crippen molar-refractivity contribution in [3.8, 4) is 22.8 Å². The van der Waals surface area contributed by atoms with E-state index in [0.29, 0.717) is 17.0 Å². The summed E-state index contributed by atoms with van der Waals surface area (Å²) in [6.45, 7) is 3.79. The minimum absolute atomic E-state index is 0.0240. The number of carbonyl (C=O) groups excluding carboxylic acids is 1. The topological polar surface area (TPSA) is 67.3 Å². The van der Waals surface area contributed by atoms with Crippen molar-refractivity contribution in [2.75, 3.05) is 20.1 Å². The number of carbonyl (C=O) groups is 1. The van der Waals surface area contributed by atoms with Crippen LogP contribution in [0.2, 0.25) is 0 Å². The summed E-state index contributed by atoms with van der Waals surface area (Å²) in [5.41, 5.74) is 1.86. The fourth-order valence-electron chi connectivity index (χ4n) is 3.89. The van der Waals surface area contributed by atoms with Crippen LogP contribution in [0.1, 0.15) is 34.3 Å². The lowest BCUT2D eigenvalue weighted by Crippen LogP contribution is -2.43. The summed E-state index contributed by atoms with van der Waals surface area (Å²) in [5.74, 6) is 0.206. The van der Waals surface area contributed by atoms with E-state index in [-0.39, 0.29) is 17.7 Å². The lowest BCUT2D eigenvalue weighted by atomic mass is 10.0. The highest BCUT2D eigenvalue weighted by atomic mass is 19.4. The van der Waals surface area contributed by atoms with E-state index in [2.05, 4.69) is 27.2 Å². The Morgan fingerprint density at radius 2 is 1.85 bits per heavy atom. The number of hydrogen-bond donors (Lipinski definition) is 1. The first-order chi connectivity index (χ1) is 16.2. The highest BCUT2D eigenvalue weighted by molar-refractivity contribution is 5.96. The monoisotopic (exact) mass is 470 g/mol. The lowest BCUT2D eigenvalue weighted by molar-refractivity contribution is -0.137. The molecule has 0 atom stereocenters. The van der Waals surface area contributed by atoms with Crippen molar-refractivity contribution in [2.45, 2.75) is 32.0 Å². The molecule has 0 bridgehead atoms. The molecule has 1 amide bonds. The van der Waals surface area contributed by atoms with E-state index in [4.69, 9.17) is 4.74 Å². The van der Waals surface area contributed by atoms with Gasteiger partial charge in [-0.25, -0.2) is 0 Å². The van der Waals surface area contributed by atoms with Crippen molar-refractivity contribution in [3.05, 3.63) is 71.7 Å². The van der Waals surface area contributed by atoms with Crippen molar-refractivity contribution in [3.63, 3.8) is 0 Å². The van der Waals surface area contributed by atoms with Crippen molar-refractivity contribution in [1.29, 1.82) is 0 Å². The molecule has 0 radical (unpaired) electrons. The van der Waals surface area contributed by atoms with Crippen LogP contribution in [-0.4, -0.2) is 47.0 Å². The predicted molar refractivity (Wildman–Crippen MR) is 122 cm³/mol. The first kappa shape index (κ1) is 23.7. The van der Waals surface area contributed by atoms with Crippen molar-refractivity contribution in [2.24, 2.45) is 0 Å². The first-order valence-corrected chi connectivity index (χ1v) is 11.0. The Morgan fingerprint density at radius 3 is 2.56 bits per heavy atom. The molecule has 1 aliphatic heterocycles. The van der Waals surface area contributed by atoms with E-state index >= 15 is 0 Å². The summed E-state index contributed by atoms with van der Waals surface area (Å²) in [7, 11) is 2.07. The number of halogens is 3. The Hall–Kier alpha value is -3.46. The Labute approximate surface area is 195 Å². The average molecular weight is 470 g/mol. The summed E-state index contributed by atoms with van der Waals surface area (Å²) in [6.07, 6.45) is 0.834. The van der Waals surface area contributed by atoms with Gasteiger partial charge in [0.2, 0.25) is 0 Å². The van der Waals surface area contributed by atoms with Crippen LogP contribution in [0, 0.1) is 6.92 Å². The summed E-state index contributed by atoms with van der Waals surface area (Å²) in [4.78, 5) is 23.0. The zero-order valence-corrected chi connectivity index (χ0v) is 18.9. The number of amides is 1. The minimum atomic E-state index is -4.51. The second kappa shape index (κ2) is 9.80. The van der Waals surface area contributed by atoms with E-state index in [1.807, 2.05) is 13.0 Å². The maximum absolute atomic E-state index is 12.9. The van der Waals surface area contributed by atoms with Gasteiger partial charge in [0.25, 0.3) is 5.91 Å². The molecule has 178 valence electrons. The van der Waals surface area contributed by atoms with Crippen LogP contribution in [0.3, 0.4) is 0 Å². The molecule has 3 heterocycles. The highest BCUT2D eigenvalue weighted by Crippen LogP contribution is 2.32. The fourth-order valence-corrected chi connectivity index (χ4v) is 3.89. The standard InChI is InChI=1S/C25H25F3N4O2/c1-16-11-17(3-4-22(16)24(33)31-19-6-9-32(2)10-7-19)23-13-20(5-8-30-23)34-21-12-18(14-29-15-21)25(26,27)28/h3-5,8,11-15,19H,6-7,9-10H2,1-2H3,(H,31,33). The Bertz CT molecular complexity index is 1170. The predicted octanol–water partition coefficient (Wildman–Crippen LogP) is 5.09. The molecule has 1 fully saturated rings. The third-order valence-electron chi connectivity index (χ3n) is 5.83. The largest absolute Gasteiger partial charge is 0.456 e. The molecule has 9 heteroatoms. The number of alkyl halides is 3. The maximum atomic E-state index is 12.9. The summed E-state index contributed by atoms with van der Waals surface area (Å²) < 4.78 is 44.4. The number of nitrogens with zero attached hydrogens (tertiary/aromatic N) is 3. The maximum Gasteiger partial charge on any atom is 0.418 e. The molecule has 2 aromatic heterocycles. The number of piperidine rings is 1. The molecule has 0 saturated carbocycles. The molecule has 0 aliphatic carbocycles. The molecule has 1 aliphatic rings. The third-order valence-corrected chi connectivity index (χ3v) is 5.83. The van der Waals surface area contributed by atoms with Crippen molar-refractivity contribution < 1.29 is 22.7 Å². The van der Waals surface area contributed by atoms with E-state index < -0.39 is 11.7 Å². The van der Waals surface area contributed by atoms with Gasteiger partial charge in [0, 0.05) is 35.6 Å². The van der Waals surface area contributed by atoms with Crippen LogP contribution in [-0.2, 0) is 6.18 Å². The molecule has 0 unspecified atom stereocenters. The van der Waals surface area contributed by atoms with Gasteiger partial charge in [-0.1, -0.05) is 6.07 Å². The Morgan fingerprint density at radius 1 is 1.09 bits per heavy atom. The number of aromatic nitrogens is 2. The van der Waals surface area contributed by atoms with Crippen LogP contribution in [0.5, 0.6) is 11.5 Å². The third kappa shape index (κ3) is 5.72. The number of likely N-dealkylation sites (tertiary alicyclic amines) is 1. The summed E-state index contributed by atoms with van der Waals surface area (Å²) in [5, 5.41) is 3.12. The van der Waals surface area contributed by atoms with Gasteiger partial charge >= 0.3 is 6.18 Å². The van der Waals surface area contributed by atoms with Gasteiger partial charge in [0.05, 0.1) is 17.5 Å². The second-order valence-electron chi connectivity index (χ2n) is 8.47. The quantitative estimate of drug-likeness (QED) is 0.563. The van der Waals surface area contributed by atoms with Crippen LogP contribution < -0.4 is 10.1 Å². The minimum Gasteiger partial charge on any atom is -0.456 e. The Kier molecular flexibility index (Phi) is 6.83. The first-order valence-electron chi connectivity index (χ1n) is 11.0. The van der Waals surface area contributed by atoms with Gasteiger partial charge in [-0.05, 0) is 69.7 Å². The van der Waals surface area contributed by atoms with Gasteiger partial charge in [0.1, 0.15) is 11.5 Å². The van der Waals surface area contributed by atoms with Gasteiger partial charge in [-0.2, -0.15) is 13.2 Å². The molecular formula is C25H25F3N4O2. The number of hydrogen-bond acceptors (Lipinski definition) is 5. The molecule has 3 aromatic rings. The number of aryl methyl sites for hydroxylation is 1. The number of benzene rings is 1. The molecule has 6 nitrogen and oxygen atoms in total. The normalized spacial score (nSPS) is 15.2. The van der Waals surface area contributed by atoms with Gasteiger partial charge in [0.15, 0.2) is 0 Å². The highest BCUT2D eigenvalue weighted by Gasteiger charge is 2.31. The van der Waals surface area contributed by atoms with Crippen LogP contribution in [0.4, 0.5) is 13.2 Å². The van der Waals surface area contributed by atoms with E-state index in [1.54, 1.807) is 24.3 Å². The van der Waals surface area contributed by atoms with E-state index in [0.717, 1.165) is 49.3 Å². The molecule has 4 rings (SSSR count). The molecule has 0 spiro atoms. The van der Waals surface area contributed by atoms with Crippen LogP contribution >= 0.6 is 0 Å². The molecule has 1 N–H and O–H groups in total. The summed E-state index contributed by atoms with van der Waals surface area (Å²) >= 11 is 0. The lowest BCUT2D eigenvalue weighted by Gasteiger charge is -2.29. The average Bonchev–Trinajstić information content (AvgIpc) is 2.80. The molecular weight excluding hydrogens is 445 g/mol. The molecule has 34 heavy (non-hydrogen) atoms. The van der Waals surface area contributed by atoms with Gasteiger partial charge in [-0.3, -0.25) is 14.8 Å². The number of nitrogens with one attached hydrogen (secondary N) is 1. The van der Waals surface area contributed by atoms with Gasteiger partial charge < -0.3 is 15.0 Å². The van der Waals surface area contributed by atoms with E-state index in [9.17, 15) is 18.0 Å². The van der Waals surface area contributed by atoms with Crippen molar-refractivity contribution in [1.82, 2.24) is 20.2 Å². The zero-order valence-electron chi connectivity index (χ0n) is 18.9. The smallest absolute Gasteiger partial charge is 0.418 e. The summed E-state index contributed by atoms with van der Waals surface area (Å²) in [6, 6.07) is 9.68. The van der Waals surface area contributed by atoms with Gasteiger partial charge in [-0.15, -0.1) is 0 Å². The second-order valence-corrected chi connectivity index (χ2v) is 8.47. The number of ether oxygens (including phenoxy) is 1. The fraction of sp³-hybridized carbons (Fsp3) is 0.320. The van der Waals surface area contributed by atoms with Crippen LogP contribution in [0.25, 0.3) is 11.3 Å². The number of pyridine rings is 2. The SMILES string of the molecule is Cc1cc(-c2cc(Oc3cncc(C(F)(F)F)c3)ccn2)ccc1C(=O)NC1CCN(C)CC1.